The summed E-state index contributed by atoms with van der Waals surface area (Å²) in [5, 5.41) is 0.298. The van der Waals surface area contributed by atoms with Crippen LogP contribution in [0.3, 0.4) is 0 Å². The topological polar surface area (TPSA) is 42.4 Å². The molecule has 0 spiro atoms. The standard InChI is InChI=1S/C17H12Cl2F2N2O2S2/c18-13-7-10(15(19)27-13)16(24)23-3-1-9(2-4-23)25-17-22-14-11(21)5-8(20)6-12(14)26-17/h5-7,9H,1-4H2. The Morgan fingerprint density at radius 3 is 2.59 bits per heavy atom. The van der Waals surface area contributed by atoms with Crippen LogP contribution < -0.4 is 4.74 Å². The largest absolute Gasteiger partial charge is 0.467 e. The summed E-state index contributed by atoms with van der Waals surface area (Å²) in [6.45, 7) is 1.00. The first-order chi connectivity index (χ1) is 12.9. The molecule has 3 aromatic rings. The Morgan fingerprint density at radius 2 is 1.93 bits per heavy atom. The lowest BCUT2D eigenvalue weighted by Gasteiger charge is -2.31. The maximum Gasteiger partial charge on any atom is 0.274 e. The number of fused-ring (bicyclic) bond motifs is 1. The third-order valence-corrected chi connectivity index (χ3v) is 6.66. The Morgan fingerprint density at radius 1 is 1.19 bits per heavy atom. The molecule has 0 saturated carbocycles. The average Bonchev–Trinajstić information content (AvgIpc) is 3.17. The van der Waals surface area contributed by atoms with E-state index in [1.54, 1.807) is 11.0 Å². The number of benzene rings is 1. The van der Waals surface area contributed by atoms with Crippen LogP contribution in [-0.4, -0.2) is 35.0 Å². The van der Waals surface area contributed by atoms with Gasteiger partial charge < -0.3 is 9.64 Å². The second-order valence-corrected chi connectivity index (χ2v) is 9.34. The van der Waals surface area contributed by atoms with Crippen molar-refractivity contribution in [2.24, 2.45) is 0 Å². The molecule has 142 valence electrons. The quantitative estimate of drug-likeness (QED) is 0.521. The molecule has 1 fully saturated rings. The van der Waals surface area contributed by atoms with Gasteiger partial charge in [-0.05, 0) is 12.1 Å². The lowest BCUT2D eigenvalue weighted by Crippen LogP contribution is -2.41. The second-order valence-electron chi connectivity index (χ2n) is 6.06. The van der Waals surface area contributed by atoms with Gasteiger partial charge in [0.25, 0.3) is 11.1 Å². The molecule has 3 heterocycles. The Balaban J connectivity index is 1.40. The number of ether oxygens (including phenoxy) is 1. The van der Waals surface area contributed by atoms with Crippen molar-refractivity contribution in [1.82, 2.24) is 9.88 Å². The Bertz CT molecular complexity index is 1020. The number of amides is 1. The van der Waals surface area contributed by atoms with Crippen LogP contribution >= 0.6 is 45.9 Å². The smallest absolute Gasteiger partial charge is 0.274 e. The molecular formula is C17H12Cl2F2N2O2S2. The predicted molar refractivity (Wildman–Crippen MR) is 103 cm³/mol. The van der Waals surface area contributed by atoms with Gasteiger partial charge in [-0.15, -0.1) is 11.3 Å². The zero-order valence-electron chi connectivity index (χ0n) is 13.7. The Hall–Kier alpha value is -1.48. The highest BCUT2D eigenvalue weighted by atomic mass is 35.5. The molecule has 1 aromatic carbocycles. The fourth-order valence-corrected chi connectivity index (χ4v) is 5.33. The summed E-state index contributed by atoms with van der Waals surface area (Å²) in [4.78, 5) is 18.4. The van der Waals surface area contributed by atoms with E-state index >= 15 is 0 Å². The molecule has 1 aliphatic heterocycles. The van der Waals surface area contributed by atoms with Gasteiger partial charge >= 0.3 is 0 Å². The predicted octanol–water partition coefficient (Wildman–Crippen LogP) is 5.63. The van der Waals surface area contributed by atoms with Crippen LogP contribution in [0.4, 0.5) is 8.78 Å². The highest BCUT2D eigenvalue weighted by Crippen LogP contribution is 2.34. The molecule has 0 aliphatic carbocycles. The molecule has 0 atom stereocenters. The van der Waals surface area contributed by atoms with Gasteiger partial charge in [-0.1, -0.05) is 34.5 Å². The average molecular weight is 449 g/mol. The van der Waals surface area contributed by atoms with E-state index in [-0.39, 0.29) is 17.5 Å². The molecule has 0 N–H and O–H groups in total. The van der Waals surface area contributed by atoms with E-state index in [9.17, 15) is 13.6 Å². The van der Waals surface area contributed by atoms with Crippen molar-refractivity contribution in [1.29, 1.82) is 0 Å². The summed E-state index contributed by atoms with van der Waals surface area (Å²) in [5.74, 6) is -1.50. The van der Waals surface area contributed by atoms with Crippen LogP contribution in [0, 0.1) is 11.6 Å². The van der Waals surface area contributed by atoms with Crippen molar-refractivity contribution in [2.45, 2.75) is 18.9 Å². The van der Waals surface area contributed by atoms with Gasteiger partial charge in [-0.3, -0.25) is 4.79 Å². The summed E-state index contributed by atoms with van der Waals surface area (Å²) in [5.41, 5.74) is 0.516. The van der Waals surface area contributed by atoms with Crippen LogP contribution in [0.25, 0.3) is 10.2 Å². The van der Waals surface area contributed by atoms with E-state index in [2.05, 4.69) is 4.98 Å². The van der Waals surface area contributed by atoms with E-state index in [1.165, 1.54) is 6.07 Å². The molecule has 1 saturated heterocycles. The van der Waals surface area contributed by atoms with E-state index in [4.69, 9.17) is 27.9 Å². The van der Waals surface area contributed by atoms with Gasteiger partial charge in [0.05, 0.1) is 14.6 Å². The molecular weight excluding hydrogens is 437 g/mol. The van der Waals surface area contributed by atoms with Crippen LogP contribution in [-0.2, 0) is 0 Å². The third-order valence-electron chi connectivity index (χ3n) is 4.28. The fraction of sp³-hybridized carbons (Fsp3) is 0.294. The minimum absolute atomic E-state index is 0.105. The number of carbonyl (C=O) groups excluding carboxylic acids is 1. The number of halogens is 4. The molecule has 27 heavy (non-hydrogen) atoms. The molecule has 1 aliphatic rings. The fourth-order valence-electron chi connectivity index (χ4n) is 2.96. The first kappa shape index (κ1) is 18.9. The molecule has 1 amide bonds. The summed E-state index contributed by atoms with van der Waals surface area (Å²) in [6.07, 6.45) is 1.06. The van der Waals surface area contributed by atoms with E-state index in [0.29, 0.717) is 50.1 Å². The summed E-state index contributed by atoms with van der Waals surface area (Å²) >= 11 is 14.2. The maximum absolute atomic E-state index is 13.8. The lowest BCUT2D eigenvalue weighted by molar-refractivity contribution is 0.0596. The number of piperidine rings is 1. The number of hydrogen-bond acceptors (Lipinski definition) is 5. The highest BCUT2D eigenvalue weighted by molar-refractivity contribution is 7.20. The highest BCUT2D eigenvalue weighted by Gasteiger charge is 2.27. The zero-order valence-corrected chi connectivity index (χ0v) is 16.8. The van der Waals surface area contributed by atoms with E-state index < -0.39 is 11.6 Å². The second kappa shape index (κ2) is 7.50. The van der Waals surface area contributed by atoms with Crippen LogP contribution in [0.2, 0.25) is 8.67 Å². The summed E-state index contributed by atoms with van der Waals surface area (Å²) in [7, 11) is 0. The number of rotatable bonds is 3. The molecule has 0 bridgehead atoms. The van der Waals surface area contributed by atoms with Crippen molar-refractivity contribution in [3.05, 3.63) is 44.1 Å². The first-order valence-electron chi connectivity index (χ1n) is 8.07. The minimum atomic E-state index is -0.706. The number of likely N-dealkylation sites (tertiary alicyclic amines) is 1. The zero-order chi connectivity index (χ0) is 19.1. The third kappa shape index (κ3) is 3.89. The normalized spacial score (nSPS) is 15.5. The number of aromatic nitrogens is 1. The van der Waals surface area contributed by atoms with Gasteiger partial charge in [-0.25, -0.2) is 8.78 Å². The number of thiophene rings is 1. The van der Waals surface area contributed by atoms with Crippen LogP contribution in [0.5, 0.6) is 5.19 Å². The number of thiazole rings is 1. The molecule has 2 aromatic heterocycles. The van der Waals surface area contributed by atoms with Crippen molar-refractivity contribution < 1.29 is 18.3 Å². The van der Waals surface area contributed by atoms with E-state index in [1.807, 2.05) is 0 Å². The van der Waals surface area contributed by atoms with Gasteiger partial charge in [0.15, 0.2) is 5.82 Å². The number of carbonyl (C=O) groups is 1. The van der Waals surface area contributed by atoms with Crippen LogP contribution in [0.15, 0.2) is 18.2 Å². The van der Waals surface area contributed by atoms with Gasteiger partial charge in [0, 0.05) is 32.0 Å². The van der Waals surface area contributed by atoms with Gasteiger partial charge in [-0.2, -0.15) is 4.98 Å². The lowest BCUT2D eigenvalue weighted by atomic mass is 10.1. The summed E-state index contributed by atoms with van der Waals surface area (Å²) < 4.78 is 34.1. The minimum Gasteiger partial charge on any atom is -0.467 e. The van der Waals surface area contributed by atoms with Gasteiger partial charge in [0.1, 0.15) is 21.8 Å². The number of hydrogen-bond donors (Lipinski definition) is 0. The monoisotopic (exact) mass is 448 g/mol. The molecule has 0 unspecified atom stereocenters. The maximum atomic E-state index is 13.8. The van der Waals surface area contributed by atoms with Crippen molar-refractivity contribution in [3.8, 4) is 5.19 Å². The van der Waals surface area contributed by atoms with E-state index in [0.717, 1.165) is 28.7 Å². The van der Waals surface area contributed by atoms with Crippen LogP contribution in [0.1, 0.15) is 23.2 Å². The molecule has 4 rings (SSSR count). The van der Waals surface area contributed by atoms with Crippen molar-refractivity contribution >= 4 is 62.0 Å². The molecule has 0 radical (unpaired) electrons. The SMILES string of the molecule is O=C(c1cc(Cl)sc1Cl)N1CCC(Oc2nc3c(F)cc(F)cc3s2)CC1. The molecule has 10 heteroatoms. The van der Waals surface area contributed by atoms with Crippen molar-refractivity contribution in [2.75, 3.05) is 13.1 Å². The molecule has 4 nitrogen and oxygen atoms in total. The summed E-state index contributed by atoms with van der Waals surface area (Å²) in [6, 6.07) is 3.62. The Labute approximate surface area is 171 Å². The first-order valence-corrected chi connectivity index (χ1v) is 10.5. The van der Waals surface area contributed by atoms with Gasteiger partial charge in [0.2, 0.25) is 0 Å². The number of nitrogens with zero attached hydrogens (tertiary/aromatic N) is 2. The van der Waals surface area contributed by atoms with Crippen molar-refractivity contribution in [3.63, 3.8) is 0 Å². The Kier molecular flexibility index (Phi) is 5.24.